The fraction of sp³-hybridized carbons (Fsp3) is 0.250. The summed E-state index contributed by atoms with van der Waals surface area (Å²) in [6.07, 6.45) is 3.28. The van der Waals surface area contributed by atoms with Crippen molar-refractivity contribution in [2.75, 3.05) is 13.2 Å². The van der Waals surface area contributed by atoms with E-state index >= 15 is 0 Å². The average Bonchev–Trinajstić information content (AvgIpc) is 2.69. The van der Waals surface area contributed by atoms with Crippen molar-refractivity contribution in [1.29, 1.82) is 0 Å². The lowest BCUT2D eigenvalue weighted by Crippen LogP contribution is -2.34. The summed E-state index contributed by atoms with van der Waals surface area (Å²) in [6, 6.07) is 11.2. The summed E-state index contributed by atoms with van der Waals surface area (Å²) in [5.74, 6) is -0.212. The average molecular weight is 404 g/mol. The number of phenolic OH excluding ortho intramolecular Hbond substituents is 1. The van der Waals surface area contributed by atoms with E-state index in [9.17, 15) is 14.7 Å². The molecule has 0 radical (unpaired) electrons. The number of benzene rings is 2. The molecule has 2 rings (SSSR count). The van der Waals surface area contributed by atoms with Crippen molar-refractivity contribution in [2.45, 2.75) is 19.8 Å². The maximum Gasteiger partial charge on any atom is 0.259 e. The minimum Gasteiger partial charge on any atom is -0.507 e. The molecule has 28 heavy (non-hydrogen) atoms. The number of ether oxygens (including phenoxy) is 1. The molecule has 8 heteroatoms. The summed E-state index contributed by atoms with van der Waals surface area (Å²) in [5.41, 5.74) is 3.04. The Kier molecular flexibility index (Phi) is 8.30. The SMILES string of the molecule is CCCCOc1ccc(C(=O)NCC(=O)NN=Cc2cc(Cl)ccc2O)cc1. The van der Waals surface area contributed by atoms with Crippen LogP contribution in [0.2, 0.25) is 5.02 Å². The molecule has 148 valence electrons. The van der Waals surface area contributed by atoms with Gasteiger partial charge in [0.25, 0.3) is 11.8 Å². The fourth-order valence-corrected chi connectivity index (χ4v) is 2.32. The highest BCUT2D eigenvalue weighted by atomic mass is 35.5. The van der Waals surface area contributed by atoms with Crippen LogP contribution in [-0.4, -0.2) is 36.3 Å². The number of rotatable bonds is 9. The minimum absolute atomic E-state index is 0.0159. The molecule has 2 amide bonds. The molecule has 0 aliphatic rings. The van der Waals surface area contributed by atoms with E-state index in [0.29, 0.717) is 28.5 Å². The number of nitrogens with zero attached hydrogens (tertiary/aromatic N) is 1. The molecule has 0 fully saturated rings. The molecule has 2 aromatic carbocycles. The first-order valence-corrected chi connectivity index (χ1v) is 9.19. The molecular weight excluding hydrogens is 382 g/mol. The van der Waals surface area contributed by atoms with Gasteiger partial charge in [0.1, 0.15) is 11.5 Å². The van der Waals surface area contributed by atoms with Gasteiger partial charge in [0.15, 0.2) is 0 Å². The van der Waals surface area contributed by atoms with E-state index in [2.05, 4.69) is 22.8 Å². The fourth-order valence-electron chi connectivity index (χ4n) is 2.14. The molecule has 2 aromatic rings. The first-order chi connectivity index (χ1) is 13.5. The zero-order valence-electron chi connectivity index (χ0n) is 15.4. The number of hydrogen-bond donors (Lipinski definition) is 3. The zero-order chi connectivity index (χ0) is 20.4. The maximum atomic E-state index is 12.1. The van der Waals surface area contributed by atoms with Gasteiger partial charge < -0.3 is 15.2 Å². The number of phenols is 1. The van der Waals surface area contributed by atoms with Crippen molar-refractivity contribution in [1.82, 2.24) is 10.7 Å². The number of aromatic hydroxyl groups is 1. The van der Waals surface area contributed by atoms with Gasteiger partial charge >= 0.3 is 0 Å². The Morgan fingerprint density at radius 3 is 2.68 bits per heavy atom. The van der Waals surface area contributed by atoms with Gasteiger partial charge in [0.05, 0.1) is 19.4 Å². The van der Waals surface area contributed by atoms with Crippen LogP contribution in [0.15, 0.2) is 47.6 Å². The largest absolute Gasteiger partial charge is 0.507 e. The molecule has 0 aliphatic heterocycles. The predicted molar refractivity (Wildman–Crippen MR) is 108 cm³/mol. The second-order valence-corrected chi connectivity index (χ2v) is 6.34. The Bertz CT molecular complexity index is 838. The quantitative estimate of drug-likeness (QED) is 0.340. The number of nitrogens with one attached hydrogen (secondary N) is 2. The highest BCUT2D eigenvalue weighted by Gasteiger charge is 2.08. The number of unbranched alkanes of at least 4 members (excludes halogenated alkanes) is 1. The number of hydrogen-bond acceptors (Lipinski definition) is 5. The van der Waals surface area contributed by atoms with E-state index in [1.165, 1.54) is 24.4 Å². The zero-order valence-corrected chi connectivity index (χ0v) is 16.2. The summed E-state index contributed by atoms with van der Waals surface area (Å²) < 4.78 is 5.54. The Morgan fingerprint density at radius 1 is 1.21 bits per heavy atom. The highest BCUT2D eigenvalue weighted by molar-refractivity contribution is 6.30. The Labute approximate surface area is 168 Å². The topological polar surface area (TPSA) is 100 Å². The second-order valence-electron chi connectivity index (χ2n) is 5.91. The lowest BCUT2D eigenvalue weighted by molar-refractivity contribution is -0.120. The van der Waals surface area contributed by atoms with Gasteiger partial charge in [-0.15, -0.1) is 0 Å². The van der Waals surface area contributed by atoms with Crippen LogP contribution in [0.1, 0.15) is 35.7 Å². The van der Waals surface area contributed by atoms with Crippen molar-refractivity contribution in [3.05, 3.63) is 58.6 Å². The summed E-state index contributed by atoms with van der Waals surface area (Å²) in [6.45, 7) is 2.47. The second kappa shape index (κ2) is 10.9. The van der Waals surface area contributed by atoms with E-state index in [0.717, 1.165) is 12.8 Å². The van der Waals surface area contributed by atoms with E-state index < -0.39 is 5.91 Å². The van der Waals surface area contributed by atoms with Crippen molar-refractivity contribution in [3.63, 3.8) is 0 Å². The predicted octanol–water partition coefficient (Wildman–Crippen LogP) is 3.10. The van der Waals surface area contributed by atoms with Gasteiger partial charge in [-0.25, -0.2) is 5.43 Å². The van der Waals surface area contributed by atoms with Crippen molar-refractivity contribution in [3.8, 4) is 11.5 Å². The normalized spacial score (nSPS) is 10.6. The number of halogens is 1. The van der Waals surface area contributed by atoms with E-state index in [1.54, 1.807) is 24.3 Å². The lowest BCUT2D eigenvalue weighted by atomic mass is 10.2. The molecule has 0 aromatic heterocycles. The Morgan fingerprint density at radius 2 is 1.96 bits per heavy atom. The van der Waals surface area contributed by atoms with Crippen molar-refractivity contribution >= 4 is 29.6 Å². The molecule has 0 bridgehead atoms. The maximum absolute atomic E-state index is 12.1. The molecule has 0 unspecified atom stereocenters. The van der Waals surface area contributed by atoms with Gasteiger partial charge in [0.2, 0.25) is 0 Å². The van der Waals surface area contributed by atoms with Gasteiger partial charge in [0, 0.05) is 16.1 Å². The van der Waals surface area contributed by atoms with Gasteiger partial charge in [-0.05, 0) is 48.9 Å². The van der Waals surface area contributed by atoms with Gasteiger partial charge in [-0.2, -0.15) is 5.10 Å². The molecule has 0 saturated carbocycles. The summed E-state index contributed by atoms with van der Waals surface area (Å²) in [7, 11) is 0. The van der Waals surface area contributed by atoms with Crippen LogP contribution in [-0.2, 0) is 4.79 Å². The van der Waals surface area contributed by atoms with Gasteiger partial charge in [-0.1, -0.05) is 24.9 Å². The molecule has 0 saturated heterocycles. The third kappa shape index (κ3) is 6.92. The summed E-state index contributed by atoms with van der Waals surface area (Å²) >= 11 is 5.83. The molecule has 0 spiro atoms. The number of hydrazone groups is 1. The number of carbonyl (C=O) groups excluding carboxylic acids is 2. The first kappa shape index (κ1) is 21.2. The minimum atomic E-state index is -0.509. The number of amides is 2. The summed E-state index contributed by atoms with van der Waals surface area (Å²) in [4.78, 5) is 23.9. The Hall–Kier alpha value is -3.06. The summed E-state index contributed by atoms with van der Waals surface area (Å²) in [5, 5.41) is 16.3. The third-order valence-electron chi connectivity index (χ3n) is 3.68. The molecule has 7 nitrogen and oxygen atoms in total. The molecule has 0 heterocycles. The molecular formula is C20H22ClN3O4. The van der Waals surface area contributed by atoms with Crippen LogP contribution in [0.3, 0.4) is 0 Å². The van der Waals surface area contributed by atoms with E-state index in [1.807, 2.05) is 0 Å². The van der Waals surface area contributed by atoms with Crippen LogP contribution >= 0.6 is 11.6 Å². The van der Waals surface area contributed by atoms with Crippen LogP contribution in [0.4, 0.5) is 0 Å². The van der Waals surface area contributed by atoms with Crippen molar-refractivity contribution < 1.29 is 19.4 Å². The standard InChI is InChI=1S/C20H22ClN3O4/c1-2-3-10-28-17-7-4-14(5-8-17)20(27)22-13-19(26)24-23-12-15-11-16(21)6-9-18(15)25/h4-9,11-12,25H,2-3,10,13H2,1H3,(H,22,27)(H,24,26). The van der Waals surface area contributed by atoms with Crippen molar-refractivity contribution in [2.24, 2.45) is 5.10 Å². The van der Waals surface area contributed by atoms with Crippen LogP contribution in [0, 0.1) is 0 Å². The van der Waals surface area contributed by atoms with E-state index in [4.69, 9.17) is 16.3 Å². The molecule has 3 N–H and O–H groups in total. The van der Waals surface area contributed by atoms with Crippen LogP contribution in [0.25, 0.3) is 0 Å². The molecule has 0 atom stereocenters. The highest BCUT2D eigenvalue weighted by Crippen LogP contribution is 2.19. The van der Waals surface area contributed by atoms with Crippen LogP contribution in [0.5, 0.6) is 11.5 Å². The Balaban J connectivity index is 1.78. The number of carbonyl (C=O) groups is 2. The first-order valence-electron chi connectivity index (χ1n) is 8.81. The third-order valence-corrected chi connectivity index (χ3v) is 3.91. The van der Waals surface area contributed by atoms with Gasteiger partial charge in [-0.3, -0.25) is 9.59 Å². The monoisotopic (exact) mass is 403 g/mol. The van der Waals surface area contributed by atoms with Crippen LogP contribution < -0.4 is 15.5 Å². The molecule has 0 aliphatic carbocycles. The smallest absolute Gasteiger partial charge is 0.259 e. The van der Waals surface area contributed by atoms with E-state index in [-0.39, 0.29) is 18.2 Å². The lowest BCUT2D eigenvalue weighted by Gasteiger charge is -2.07.